The van der Waals surface area contributed by atoms with Crippen molar-refractivity contribution in [3.05, 3.63) is 203 Å². The third-order valence-corrected chi connectivity index (χ3v) is 24.1. The van der Waals surface area contributed by atoms with Crippen molar-refractivity contribution in [2.75, 3.05) is 40.4 Å². The number of H-pyrrole nitrogens is 1. The second-order valence-corrected chi connectivity index (χ2v) is 39.4. The zero-order chi connectivity index (χ0) is 99.2. The van der Waals surface area contributed by atoms with Gasteiger partial charge in [-0.2, -0.15) is 0 Å². The van der Waals surface area contributed by atoms with Crippen molar-refractivity contribution in [3.63, 3.8) is 0 Å². The second kappa shape index (κ2) is 46.6. The lowest BCUT2D eigenvalue weighted by molar-refractivity contribution is -0.157. The molecule has 11 N–H and O–H groups in total. The molecule has 0 radical (unpaired) electrons. The fourth-order valence-corrected chi connectivity index (χ4v) is 16.4. The fourth-order valence-electron chi connectivity index (χ4n) is 16.4. The summed E-state index contributed by atoms with van der Waals surface area (Å²) in [4.78, 5) is 159. The van der Waals surface area contributed by atoms with Crippen LogP contribution in [-0.2, 0) is 96.1 Å². The number of tetrazole rings is 1. The van der Waals surface area contributed by atoms with Crippen molar-refractivity contribution in [3.8, 4) is 29.6 Å². The van der Waals surface area contributed by atoms with E-state index in [4.69, 9.17) is 30.1 Å². The number of carboxylic acid groups (broad SMARTS) is 1. The highest BCUT2D eigenvalue weighted by Gasteiger charge is 2.49. The molecule has 10 bridgehead atoms. The van der Waals surface area contributed by atoms with Gasteiger partial charge in [-0.25, -0.2) is 24.2 Å². The molecule has 6 aliphatic heterocycles. The molecule has 8 heterocycles. The van der Waals surface area contributed by atoms with E-state index in [1.54, 1.807) is 129 Å². The Morgan fingerprint density at radius 3 is 1.59 bits per heavy atom. The number of esters is 1. The molecule has 35 heteroatoms. The summed E-state index contributed by atoms with van der Waals surface area (Å²) < 4.78 is 30.1. The Morgan fingerprint density at radius 2 is 1.08 bits per heavy atom. The van der Waals surface area contributed by atoms with Gasteiger partial charge in [0.15, 0.2) is 5.82 Å². The van der Waals surface area contributed by atoms with Crippen LogP contribution < -0.4 is 62.1 Å². The maximum atomic E-state index is 15.4. The minimum Gasteiger partial charge on any atom is -0.494 e. The quantitative estimate of drug-likeness (QED) is 0.0250. The summed E-state index contributed by atoms with van der Waals surface area (Å²) in [6, 6.07) is 35.9. The Bertz CT molecular complexity index is 5720. The minimum absolute atomic E-state index is 0.0225. The van der Waals surface area contributed by atoms with Crippen LogP contribution in [0.4, 0.5) is 4.79 Å². The van der Waals surface area contributed by atoms with Gasteiger partial charge >= 0.3 is 18.0 Å². The van der Waals surface area contributed by atoms with E-state index in [0.717, 1.165) is 38.2 Å². The first-order valence-corrected chi connectivity index (χ1v) is 46.4. The van der Waals surface area contributed by atoms with Crippen LogP contribution in [0.25, 0.3) is 21.5 Å². The lowest BCUT2D eigenvalue weighted by Gasteiger charge is -2.36. The number of alkyl carbamates (subject to hydrolysis) is 1. The number of amides is 9. The molecule has 7 aromatic carbocycles. The van der Waals surface area contributed by atoms with Crippen LogP contribution >= 0.6 is 0 Å². The molecule has 2 fully saturated rings. The summed E-state index contributed by atoms with van der Waals surface area (Å²) in [7, 11) is 3.28. The molecule has 9 amide bonds. The number of aromatic amines is 1. The number of aromatic nitrogens is 7. The van der Waals surface area contributed by atoms with Crippen molar-refractivity contribution in [2.24, 2.45) is 16.7 Å². The molecule has 15 rings (SSSR count). The van der Waals surface area contributed by atoms with Crippen LogP contribution in [0.1, 0.15) is 180 Å². The average molecular weight is 1880 g/mol. The van der Waals surface area contributed by atoms with Crippen LogP contribution in [0.5, 0.6) is 17.2 Å². The molecule has 0 unspecified atom stereocenters. The average Bonchev–Trinajstić information content (AvgIpc) is 1.64. The first-order chi connectivity index (χ1) is 65.0. The van der Waals surface area contributed by atoms with Crippen LogP contribution in [0.3, 0.4) is 0 Å². The van der Waals surface area contributed by atoms with Crippen molar-refractivity contribution in [1.82, 2.24) is 93.3 Å². The van der Waals surface area contributed by atoms with Gasteiger partial charge in [0.2, 0.25) is 47.3 Å². The number of fused-ring (bicyclic) bond motifs is 2. The van der Waals surface area contributed by atoms with Crippen molar-refractivity contribution >= 4 is 86.8 Å². The molecule has 35 nitrogen and oxygen atoms in total. The number of likely N-dealkylation sites (N-methyl/N-ethyl adjacent to an activating group) is 2. The van der Waals surface area contributed by atoms with E-state index >= 15 is 24.0 Å². The van der Waals surface area contributed by atoms with E-state index in [-0.39, 0.29) is 83.0 Å². The summed E-state index contributed by atoms with van der Waals surface area (Å²) in [6.45, 7) is 25.4. The first-order valence-electron chi connectivity index (χ1n) is 46.4. The third kappa shape index (κ3) is 29.8. The van der Waals surface area contributed by atoms with Gasteiger partial charge in [0.1, 0.15) is 95.7 Å². The number of hydrogen-bond acceptors (Lipinski definition) is 23. The number of rotatable bonds is 20. The number of hydrogen-bond donors (Lipinski definition) is 11. The van der Waals surface area contributed by atoms with Crippen molar-refractivity contribution < 1.29 is 81.5 Å². The molecule has 2 aromatic heterocycles. The van der Waals surface area contributed by atoms with Gasteiger partial charge in [0.05, 0.1) is 37.0 Å². The van der Waals surface area contributed by atoms with Gasteiger partial charge in [-0.3, -0.25) is 38.4 Å². The van der Waals surface area contributed by atoms with Crippen molar-refractivity contribution in [1.29, 1.82) is 0 Å². The van der Waals surface area contributed by atoms with E-state index in [9.17, 15) is 33.9 Å². The molecule has 2 saturated heterocycles. The van der Waals surface area contributed by atoms with E-state index in [1.165, 1.54) is 9.80 Å². The largest absolute Gasteiger partial charge is 0.494 e. The normalized spacial score (nSPS) is 20.1. The standard InChI is InChI=1S/C81H101N17O12.C21H29NO5/c1-47(82-9)71(99)88-68(80(3,4)5)77(105)96-43-53-17-15-16-34-109-60-30-24-49(25-31-60)37-62(70-91-93-94-92-70)84-73(101)63(39-51-22-28-54-18-11-13-20-56(54)35-51)86-76(104)67-42-59(45-97(67)78(106)69(81(6,7)8)89-72(100)48(2)83-10)98-44-58(90-95-98)46-110-61-32-26-50(27-33-61)38-65(79(107)108)87-74(102)64(85-75(103)66(96)41-53)40-52-23-29-55-19-12-14-21-57(55)36-52;1-8-13-25-16-11-9-15(10-12-16)14-17(18(23)26-20(2,3)4)22-19(24)27-21(5,6)7/h11-14,18-33,35-36,44,47-48,53,59,62-69,82-83H,15-17,34,37-43,45-46H2,1-10H3,(H,84,101)(H,85,103)(H,86,104)(H,87,102)(H,88,99)(H,89,100)(H,107,108)(H,91,92,93,94);1,9-12,17H,13-14H2,2-7H3,(H,22,24)/t47-,48-,53-,59-,62-,63-,64-,65-,66-,67-,68+,69+;17-/m00/s1. The SMILES string of the molecule is C#CCOc1ccc(C[C@H](NC(=O)OC(C)(C)C)C(=O)OC(C)(C)C)cc1.CN[C@@H](C)C(=O)N[C@H](C(=O)N1C[C@H]2CCCCOc3ccc(cc3)C[C@@H](c3nnn[nH]3)NC(=O)[C@H](Cc3ccc4ccccc4c3)NC(=O)[C@@H]3C[C@@H](CN3C(=O)[C@@H](NC(=O)[C@H](C)NC)C(C)(C)C)n3cc(nn3)COc3ccc(cc3)C[C@@H](C(=O)O)NC(=O)[C@H](Cc3ccc4ccccc4c3)NC(=O)[C@@H]1C2)C(C)(C)C. The summed E-state index contributed by atoms with van der Waals surface area (Å²) in [5, 5.41) is 64.4. The number of carbonyl (C=O) groups excluding carboxylic acids is 10. The number of carbonyl (C=O) groups is 11. The summed E-state index contributed by atoms with van der Waals surface area (Å²) in [5.74, 6) is -2.24. The lowest BCUT2D eigenvalue weighted by atomic mass is 9.85. The van der Waals surface area contributed by atoms with E-state index in [0.29, 0.717) is 59.9 Å². The van der Waals surface area contributed by atoms with E-state index < -0.39 is 160 Å². The molecule has 0 saturated carbocycles. The number of likely N-dealkylation sites (tertiary alicyclic amines) is 2. The number of benzene rings is 7. The predicted molar refractivity (Wildman–Crippen MR) is 514 cm³/mol. The molecule has 0 aliphatic carbocycles. The summed E-state index contributed by atoms with van der Waals surface area (Å²) in [5.41, 5.74) is 0.932. The highest BCUT2D eigenvalue weighted by molar-refractivity contribution is 5.98. The zero-order valence-corrected chi connectivity index (χ0v) is 80.8. The van der Waals surface area contributed by atoms with Crippen LogP contribution in [-0.4, -0.2) is 228 Å². The maximum absolute atomic E-state index is 15.4. The number of terminal acetylenes is 1. The van der Waals surface area contributed by atoms with Crippen molar-refractivity contribution in [2.45, 2.75) is 251 Å². The molecular formula is C102H130N18O17. The number of aliphatic carboxylic acids is 1. The maximum Gasteiger partial charge on any atom is 0.408 e. The first kappa shape index (κ1) is 104. The highest BCUT2D eigenvalue weighted by atomic mass is 16.6. The second-order valence-electron chi connectivity index (χ2n) is 39.4. The zero-order valence-electron chi connectivity index (χ0n) is 80.8. The number of nitrogens with zero attached hydrogens (tertiary/aromatic N) is 8. The van der Waals surface area contributed by atoms with Gasteiger partial charge in [0.25, 0.3) is 0 Å². The van der Waals surface area contributed by atoms with Gasteiger partial charge < -0.3 is 86.4 Å². The topological polar surface area (TPSA) is 454 Å². The molecule has 6 aliphatic rings. The molecule has 730 valence electrons. The molecular weight excluding hydrogens is 1750 g/mol. The Labute approximate surface area is 799 Å². The monoisotopic (exact) mass is 1880 g/mol. The van der Waals surface area contributed by atoms with Crippen LogP contribution in [0.2, 0.25) is 0 Å². The van der Waals surface area contributed by atoms with Gasteiger partial charge in [0, 0.05) is 51.6 Å². The van der Waals surface area contributed by atoms with E-state index in [1.807, 2.05) is 151 Å². The van der Waals surface area contributed by atoms with Gasteiger partial charge in [-0.1, -0.05) is 174 Å². The Balaban J connectivity index is 0.000000575. The smallest absolute Gasteiger partial charge is 0.408 e. The summed E-state index contributed by atoms with van der Waals surface area (Å²) >= 11 is 0. The lowest BCUT2D eigenvalue weighted by Crippen LogP contribution is -2.60. The molecule has 9 aromatic rings. The Kier molecular flexibility index (Phi) is 35.2. The third-order valence-electron chi connectivity index (χ3n) is 24.1. The Morgan fingerprint density at radius 1 is 0.569 bits per heavy atom. The summed E-state index contributed by atoms with van der Waals surface area (Å²) in [6.07, 6.45) is 8.48. The number of nitrogens with one attached hydrogen (secondary N) is 10. The van der Waals surface area contributed by atoms with Crippen LogP contribution in [0, 0.1) is 29.1 Å². The van der Waals surface area contributed by atoms with Crippen LogP contribution in [0.15, 0.2) is 164 Å². The molecule has 0 spiro atoms. The Hall–Kier alpha value is -13.9. The van der Waals surface area contributed by atoms with Gasteiger partial charge in [-0.15, -0.1) is 16.6 Å². The highest BCUT2D eigenvalue weighted by Crippen LogP contribution is 2.36. The van der Waals surface area contributed by atoms with Gasteiger partial charge in [-0.05, 0) is 208 Å². The predicted octanol–water partition coefficient (Wildman–Crippen LogP) is 9.02. The molecule has 137 heavy (non-hydrogen) atoms. The molecule has 13 atom stereocenters. The fraction of sp³-hybridized carbons (Fsp3) is 0.471. The number of carboxylic acids is 1. The minimum atomic E-state index is -1.47. The number of ether oxygens (including phenoxy) is 5. The van der Waals surface area contributed by atoms with E-state index in [2.05, 4.69) is 84.7 Å².